The molecule has 0 radical (unpaired) electrons. The van der Waals surface area contributed by atoms with E-state index in [-0.39, 0.29) is 5.82 Å². The van der Waals surface area contributed by atoms with E-state index in [1.165, 1.54) is 23.6 Å². The monoisotopic (exact) mass is 458 g/mol. The predicted molar refractivity (Wildman–Crippen MR) is 122 cm³/mol. The first-order valence-electron chi connectivity index (χ1n) is 10.1. The minimum absolute atomic E-state index is 0.307. The van der Waals surface area contributed by atoms with Gasteiger partial charge in [-0.05, 0) is 31.0 Å². The molecule has 4 rings (SSSR count). The molecule has 2 heterocycles. The summed E-state index contributed by atoms with van der Waals surface area (Å²) in [7, 11) is -3.47. The number of halogens is 1. The number of nitrogens with zero attached hydrogens (tertiary/aromatic N) is 3. The fraction of sp³-hybridized carbons (Fsp3) is 0.273. The Labute approximate surface area is 185 Å². The van der Waals surface area contributed by atoms with Crippen LogP contribution in [0.5, 0.6) is 0 Å². The standard InChI is InChI=1S/C22H23FN4O2S2/c23-20-8-4-3-7-18(20)15-24-26-22-25-21(16-30-22)17-9-11-19(12-10-17)31(28,29)27-13-5-1-2-6-14-27/h3-4,7-12,15-16H,1-2,5-6,13-14H2,(H,25,26)/b24-15+. The van der Waals surface area contributed by atoms with Crippen LogP contribution in [0.3, 0.4) is 0 Å². The van der Waals surface area contributed by atoms with Crippen molar-refractivity contribution in [3.05, 3.63) is 65.3 Å². The van der Waals surface area contributed by atoms with E-state index in [0.717, 1.165) is 31.2 Å². The van der Waals surface area contributed by atoms with Crippen molar-refractivity contribution in [1.82, 2.24) is 9.29 Å². The van der Waals surface area contributed by atoms with Gasteiger partial charge in [-0.25, -0.2) is 17.8 Å². The number of hydrogen-bond acceptors (Lipinski definition) is 6. The molecule has 0 aliphatic carbocycles. The number of rotatable bonds is 6. The van der Waals surface area contributed by atoms with Crippen LogP contribution in [-0.2, 0) is 10.0 Å². The number of benzene rings is 2. The summed E-state index contributed by atoms with van der Waals surface area (Å²) in [6.07, 6.45) is 5.38. The van der Waals surface area contributed by atoms with Crippen molar-refractivity contribution < 1.29 is 12.8 Å². The Balaban J connectivity index is 1.44. The zero-order valence-electron chi connectivity index (χ0n) is 16.9. The molecule has 1 saturated heterocycles. The second-order valence-electron chi connectivity index (χ2n) is 7.27. The maximum Gasteiger partial charge on any atom is 0.243 e. The van der Waals surface area contributed by atoms with Crippen molar-refractivity contribution in [2.24, 2.45) is 5.10 Å². The first-order valence-corrected chi connectivity index (χ1v) is 12.5. The Bertz CT molecular complexity index is 1150. The number of sulfonamides is 1. The summed E-state index contributed by atoms with van der Waals surface area (Å²) < 4.78 is 41.0. The van der Waals surface area contributed by atoms with Crippen LogP contribution in [-0.4, -0.2) is 37.0 Å². The molecule has 0 bridgehead atoms. The minimum atomic E-state index is -3.47. The lowest BCUT2D eigenvalue weighted by Crippen LogP contribution is -2.31. The molecule has 0 atom stereocenters. The zero-order chi connectivity index (χ0) is 21.7. The summed E-state index contributed by atoms with van der Waals surface area (Å²) in [5.74, 6) is -0.344. The van der Waals surface area contributed by atoms with Gasteiger partial charge in [-0.1, -0.05) is 43.2 Å². The summed E-state index contributed by atoms with van der Waals surface area (Å²) >= 11 is 1.36. The predicted octanol–water partition coefficient (Wildman–Crippen LogP) is 4.96. The number of aromatic nitrogens is 1. The van der Waals surface area contributed by atoms with Gasteiger partial charge in [0.15, 0.2) is 0 Å². The van der Waals surface area contributed by atoms with Crippen LogP contribution >= 0.6 is 11.3 Å². The molecule has 1 aliphatic rings. The third-order valence-corrected chi connectivity index (χ3v) is 7.79. The molecule has 9 heteroatoms. The van der Waals surface area contributed by atoms with E-state index >= 15 is 0 Å². The smallest absolute Gasteiger partial charge is 0.243 e. The summed E-state index contributed by atoms with van der Waals surface area (Å²) in [5.41, 5.74) is 4.72. The molecule has 1 fully saturated rings. The largest absolute Gasteiger partial charge is 0.253 e. The molecule has 2 aromatic carbocycles. The molecule has 6 nitrogen and oxygen atoms in total. The van der Waals surface area contributed by atoms with Crippen LogP contribution in [0.1, 0.15) is 31.2 Å². The van der Waals surface area contributed by atoms with Crippen LogP contribution < -0.4 is 5.43 Å². The van der Waals surface area contributed by atoms with Crippen LogP contribution in [0, 0.1) is 5.82 Å². The van der Waals surface area contributed by atoms with E-state index in [9.17, 15) is 12.8 Å². The van der Waals surface area contributed by atoms with Gasteiger partial charge in [0.25, 0.3) is 0 Å². The van der Waals surface area contributed by atoms with Crippen LogP contribution in [0.15, 0.2) is 63.9 Å². The lowest BCUT2D eigenvalue weighted by molar-refractivity contribution is 0.424. The zero-order valence-corrected chi connectivity index (χ0v) is 18.5. The van der Waals surface area contributed by atoms with Gasteiger partial charge < -0.3 is 0 Å². The first-order chi connectivity index (χ1) is 15.0. The molecular weight excluding hydrogens is 435 g/mol. The van der Waals surface area contributed by atoms with Crippen molar-refractivity contribution in [2.75, 3.05) is 18.5 Å². The molecule has 0 amide bonds. The Morgan fingerprint density at radius 1 is 1.03 bits per heavy atom. The third-order valence-electron chi connectivity index (χ3n) is 5.13. The minimum Gasteiger partial charge on any atom is -0.253 e. The van der Waals surface area contributed by atoms with E-state index in [0.29, 0.717) is 34.4 Å². The highest BCUT2D eigenvalue weighted by Crippen LogP contribution is 2.27. The van der Waals surface area contributed by atoms with Crippen LogP contribution in [0.4, 0.5) is 9.52 Å². The average Bonchev–Trinajstić information content (AvgIpc) is 3.07. The fourth-order valence-corrected chi connectivity index (χ4v) is 5.61. The van der Waals surface area contributed by atoms with E-state index in [1.807, 2.05) is 5.38 Å². The summed E-state index contributed by atoms with van der Waals surface area (Å²) in [4.78, 5) is 4.77. The molecule has 3 aromatic rings. The van der Waals surface area contributed by atoms with Gasteiger partial charge in [-0.2, -0.15) is 9.41 Å². The molecule has 1 N–H and O–H groups in total. The van der Waals surface area contributed by atoms with Gasteiger partial charge in [0.2, 0.25) is 15.2 Å². The van der Waals surface area contributed by atoms with E-state index in [2.05, 4.69) is 15.5 Å². The van der Waals surface area contributed by atoms with E-state index < -0.39 is 10.0 Å². The maximum absolute atomic E-state index is 13.6. The van der Waals surface area contributed by atoms with Gasteiger partial charge in [0.05, 0.1) is 16.8 Å². The molecule has 31 heavy (non-hydrogen) atoms. The number of hydrogen-bond donors (Lipinski definition) is 1. The van der Waals surface area contributed by atoms with E-state index in [4.69, 9.17) is 0 Å². The highest BCUT2D eigenvalue weighted by molar-refractivity contribution is 7.89. The highest BCUT2D eigenvalue weighted by Gasteiger charge is 2.25. The van der Waals surface area contributed by atoms with E-state index in [1.54, 1.807) is 46.8 Å². The first kappa shape index (κ1) is 21.6. The summed E-state index contributed by atoms with van der Waals surface area (Å²) in [6, 6.07) is 13.2. The molecule has 0 saturated carbocycles. The average molecular weight is 459 g/mol. The topological polar surface area (TPSA) is 74.7 Å². The van der Waals surface area contributed by atoms with Crippen molar-refractivity contribution in [1.29, 1.82) is 0 Å². The molecule has 1 aliphatic heterocycles. The van der Waals surface area contributed by atoms with Gasteiger partial charge in [-0.3, -0.25) is 5.43 Å². The fourth-order valence-electron chi connectivity index (χ4n) is 3.42. The Hall–Kier alpha value is -2.62. The van der Waals surface area contributed by atoms with Crippen molar-refractivity contribution in [3.63, 3.8) is 0 Å². The maximum atomic E-state index is 13.6. The van der Waals surface area contributed by atoms with Crippen molar-refractivity contribution >= 4 is 32.7 Å². The van der Waals surface area contributed by atoms with Gasteiger partial charge in [0.1, 0.15) is 5.82 Å². The lowest BCUT2D eigenvalue weighted by atomic mass is 10.2. The molecule has 1 aromatic heterocycles. The SMILES string of the molecule is O=S(=O)(c1ccc(-c2csc(N/N=C/c3ccccc3F)n2)cc1)N1CCCCCC1. The van der Waals surface area contributed by atoms with Crippen LogP contribution in [0.2, 0.25) is 0 Å². The Morgan fingerprint density at radius 2 is 1.74 bits per heavy atom. The second-order valence-corrected chi connectivity index (χ2v) is 10.1. The van der Waals surface area contributed by atoms with Crippen molar-refractivity contribution in [3.8, 4) is 11.3 Å². The quantitative estimate of drug-likeness (QED) is 0.419. The summed E-state index contributed by atoms with van der Waals surface area (Å²) in [6.45, 7) is 1.16. The van der Waals surface area contributed by atoms with Gasteiger partial charge in [0, 0.05) is 29.6 Å². The number of anilines is 1. The second kappa shape index (κ2) is 9.67. The lowest BCUT2D eigenvalue weighted by Gasteiger charge is -2.19. The van der Waals surface area contributed by atoms with Crippen LogP contribution in [0.25, 0.3) is 11.3 Å². The third kappa shape index (κ3) is 5.17. The summed E-state index contributed by atoms with van der Waals surface area (Å²) in [5, 5.41) is 6.45. The Kier molecular flexibility index (Phi) is 6.74. The van der Waals surface area contributed by atoms with Gasteiger partial charge >= 0.3 is 0 Å². The highest BCUT2D eigenvalue weighted by atomic mass is 32.2. The van der Waals surface area contributed by atoms with Crippen molar-refractivity contribution in [2.45, 2.75) is 30.6 Å². The molecular formula is C22H23FN4O2S2. The number of nitrogens with one attached hydrogen (secondary N) is 1. The number of thiazole rings is 1. The normalized spacial score (nSPS) is 15.8. The molecule has 0 spiro atoms. The Morgan fingerprint density at radius 3 is 2.45 bits per heavy atom. The molecule has 162 valence electrons. The molecule has 0 unspecified atom stereocenters. The van der Waals surface area contributed by atoms with Gasteiger partial charge in [-0.15, -0.1) is 11.3 Å². The number of hydrazone groups is 1.